The molecule has 0 saturated heterocycles. The molecule has 2 heterocycles. The van der Waals surface area contributed by atoms with Crippen LogP contribution in [0.1, 0.15) is 21.7 Å². The Morgan fingerprint density at radius 1 is 1.11 bits per heavy atom. The summed E-state index contributed by atoms with van der Waals surface area (Å²) < 4.78 is 32.2. The largest absolute Gasteiger partial charge is 0.361 e. The number of nitrogens with one attached hydrogen (secondary N) is 2. The van der Waals surface area contributed by atoms with Crippen LogP contribution in [0.4, 0.5) is 11.4 Å². The van der Waals surface area contributed by atoms with E-state index in [4.69, 9.17) is 16.1 Å². The van der Waals surface area contributed by atoms with Gasteiger partial charge in [0.25, 0.3) is 15.9 Å². The Kier molecular flexibility index (Phi) is 5.15. The summed E-state index contributed by atoms with van der Waals surface area (Å²) in [6, 6.07) is 7.65. The molecule has 0 aliphatic heterocycles. The van der Waals surface area contributed by atoms with E-state index in [0.717, 1.165) is 0 Å². The molecule has 2 N–H and O–H groups in total. The summed E-state index contributed by atoms with van der Waals surface area (Å²) in [4.78, 5) is 16.0. The predicted molar refractivity (Wildman–Crippen MR) is 100 cm³/mol. The lowest BCUT2D eigenvalue weighted by molar-refractivity contribution is 0.102. The van der Waals surface area contributed by atoms with Gasteiger partial charge in [-0.05, 0) is 49.7 Å². The molecule has 0 bridgehead atoms. The zero-order valence-electron chi connectivity index (χ0n) is 14.4. The number of benzene rings is 1. The molecule has 0 unspecified atom stereocenters. The summed E-state index contributed by atoms with van der Waals surface area (Å²) in [5, 5.41) is 6.48. The van der Waals surface area contributed by atoms with Crippen molar-refractivity contribution in [2.75, 3.05) is 10.0 Å². The van der Waals surface area contributed by atoms with E-state index in [1.165, 1.54) is 30.6 Å². The van der Waals surface area contributed by atoms with Crippen molar-refractivity contribution in [2.45, 2.75) is 18.7 Å². The van der Waals surface area contributed by atoms with Crippen molar-refractivity contribution >= 4 is 38.9 Å². The number of sulfonamides is 1. The fourth-order valence-electron chi connectivity index (χ4n) is 2.23. The van der Waals surface area contributed by atoms with Crippen LogP contribution in [0.25, 0.3) is 0 Å². The molecule has 3 aromatic rings. The van der Waals surface area contributed by atoms with Crippen LogP contribution in [0.15, 0.2) is 52.1 Å². The third-order valence-corrected chi connectivity index (χ3v) is 5.43. The molecular formula is C17H15ClN4O4S. The van der Waals surface area contributed by atoms with Crippen molar-refractivity contribution in [3.63, 3.8) is 0 Å². The first-order valence-corrected chi connectivity index (χ1v) is 9.60. The molecule has 140 valence electrons. The van der Waals surface area contributed by atoms with E-state index in [1.54, 1.807) is 26.0 Å². The van der Waals surface area contributed by atoms with Crippen molar-refractivity contribution in [3.8, 4) is 0 Å². The van der Waals surface area contributed by atoms with Gasteiger partial charge in [0.1, 0.15) is 21.4 Å². The number of aromatic nitrogens is 2. The smallest absolute Gasteiger partial charge is 0.263 e. The van der Waals surface area contributed by atoms with Crippen molar-refractivity contribution in [1.82, 2.24) is 10.1 Å². The number of aryl methyl sites for hydroxylation is 2. The number of halogens is 1. The Bertz CT molecular complexity index is 1090. The van der Waals surface area contributed by atoms with Gasteiger partial charge in [-0.15, -0.1) is 0 Å². The lowest BCUT2D eigenvalue weighted by atomic mass is 10.2. The zero-order chi connectivity index (χ0) is 19.6. The summed E-state index contributed by atoms with van der Waals surface area (Å²) in [6.07, 6.45) is 2.52. The highest BCUT2D eigenvalue weighted by Crippen LogP contribution is 2.21. The number of amides is 1. The quantitative estimate of drug-likeness (QED) is 0.627. The summed E-state index contributed by atoms with van der Waals surface area (Å²) in [5.74, 6) is 0.0357. The summed E-state index contributed by atoms with van der Waals surface area (Å²) >= 11 is 5.83. The van der Waals surface area contributed by atoms with Crippen molar-refractivity contribution < 1.29 is 17.7 Å². The minimum absolute atomic E-state index is 0.00436. The van der Waals surface area contributed by atoms with Crippen LogP contribution in [-0.2, 0) is 10.0 Å². The number of hydrogen-bond acceptors (Lipinski definition) is 6. The Morgan fingerprint density at radius 2 is 1.78 bits per heavy atom. The Labute approximate surface area is 160 Å². The van der Waals surface area contributed by atoms with Crippen molar-refractivity contribution in [2.24, 2.45) is 0 Å². The number of rotatable bonds is 5. The highest BCUT2D eigenvalue weighted by molar-refractivity contribution is 7.92. The molecule has 0 aliphatic rings. The minimum Gasteiger partial charge on any atom is -0.361 e. The third kappa shape index (κ3) is 4.26. The van der Waals surface area contributed by atoms with Gasteiger partial charge in [-0.25, -0.2) is 13.4 Å². The summed E-state index contributed by atoms with van der Waals surface area (Å²) in [6.45, 7) is 3.30. The van der Waals surface area contributed by atoms with Crippen LogP contribution in [0.3, 0.4) is 0 Å². The van der Waals surface area contributed by atoms with Gasteiger partial charge in [-0.1, -0.05) is 16.8 Å². The van der Waals surface area contributed by atoms with Gasteiger partial charge in [0.2, 0.25) is 0 Å². The zero-order valence-corrected chi connectivity index (χ0v) is 15.9. The van der Waals surface area contributed by atoms with Gasteiger partial charge in [0, 0.05) is 17.6 Å². The molecule has 1 amide bonds. The number of pyridine rings is 1. The van der Waals surface area contributed by atoms with E-state index in [-0.39, 0.29) is 16.0 Å². The van der Waals surface area contributed by atoms with Crippen LogP contribution >= 0.6 is 11.6 Å². The second kappa shape index (κ2) is 7.37. The van der Waals surface area contributed by atoms with Gasteiger partial charge in [0.05, 0.1) is 6.20 Å². The fraction of sp³-hybridized carbons (Fsp3) is 0.118. The van der Waals surface area contributed by atoms with Gasteiger partial charge in [-0.3, -0.25) is 9.52 Å². The van der Waals surface area contributed by atoms with Crippen LogP contribution < -0.4 is 10.0 Å². The molecule has 0 fully saturated rings. The van der Waals surface area contributed by atoms with Gasteiger partial charge in [0.15, 0.2) is 0 Å². The average Bonchev–Trinajstić information content (AvgIpc) is 3.05. The summed E-state index contributed by atoms with van der Waals surface area (Å²) in [5.41, 5.74) is 1.71. The first-order valence-electron chi connectivity index (χ1n) is 7.74. The molecule has 1 aromatic carbocycles. The van der Waals surface area contributed by atoms with Gasteiger partial charge in [-0.2, -0.15) is 0 Å². The highest BCUT2D eigenvalue weighted by atomic mass is 35.5. The van der Waals surface area contributed by atoms with Gasteiger partial charge >= 0.3 is 0 Å². The molecule has 0 atom stereocenters. The molecular weight excluding hydrogens is 392 g/mol. The van der Waals surface area contributed by atoms with E-state index in [0.29, 0.717) is 28.3 Å². The number of hydrogen-bond donors (Lipinski definition) is 2. The molecule has 0 saturated carbocycles. The molecule has 10 heteroatoms. The molecule has 0 aliphatic carbocycles. The SMILES string of the molecule is Cc1cc(S(=O)(=O)Nc2ccc(NC(=O)c3cnoc3C)cc2)cnc1Cl. The average molecular weight is 407 g/mol. The fourth-order valence-corrected chi connectivity index (χ4v) is 3.42. The third-order valence-electron chi connectivity index (χ3n) is 3.69. The van der Waals surface area contributed by atoms with Crippen molar-refractivity contribution in [1.29, 1.82) is 0 Å². The standard InChI is InChI=1S/C17H15ClN4O4S/c1-10-7-14(8-19-16(10)18)27(24,25)22-13-5-3-12(4-6-13)21-17(23)15-9-20-26-11(15)2/h3-9,22H,1-2H3,(H,21,23). The minimum atomic E-state index is -3.81. The molecule has 0 radical (unpaired) electrons. The Hall–Kier alpha value is -2.91. The van der Waals surface area contributed by atoms with E-state index < -0.39 is 10.0 Å². The number of nitrogens with zero attached hydrogens (tertiary/aromatic N) is 2. The maximum atomic E-state index is 12.4. The van der Waals surface area contributed by atoms with Crippen LogP contribution in [0.5, 0.6) is 0 Å². The second-order valence-corrected chi connectivity index (χ2v) is 7.75. The number of anilines is 2. The highest BCUT2D eigenvalue weighted by Gasteiger charge is 2.17. The summed E-state index contributed by atoms with van der Waals surface area (Å²) in [7, 11) is -3.81. The van der Waals surface area contributed by atoms with Gasteiger partial charge < -0.3 is 9.84 Å². The number of carbonyl (C=O) groups excluding carboxylic acids is 1. The molecule has 0 spiro atoms. The lowest BCUT2D eigenvalue weighted by Crippen LogP contribution is -2.14. The molecule has 2 aromatic heterocycles. The number of carbonyl (C=O) groups is 1. The molecule has 27 heavy (non-hydrogen) atoms. The first kappa shape index (κ1) is 18.9. The Morgan fingerprint density at radius 3 is 2.37 bits per heavy atom. The maximum absolute atomic E-state index is 12.4. The maximum Gasteiger partial charge on any atom is 0.263 e. The predicted octanol–water partition coefficient (Wildman–Crippen LogP) is 3.39. The normalized spacial score (nSPS) is 11.2. The topological polar surface area (TPSA) is 114 Å². The Balaban J connectivity index is 1.72. The van der Waals surface area contributed by atoms with E-state index in [2.05, 4.69) is 20.2 Å². The second-order valence-electron chi connectivity index (χ2n) is 5.71. The van der Waals surface area contributed by atoms with Crippen molar-refractivity contribution in [3.05, 3.63) is 64.8 Å². The van der Waals surface area contributed by atoms with Crippen LogP contribution in [0.2, 0.25) is 5.15 Å². The molecule has 8 nitrogen and oxygen atoms in total. The first-order chi connectivity index (χ1) is 12.8. The lowest BCUT2D eigenvalue weighted by Gasteiger charge is -2.10. The molecule has 3 rings (SSSR count). The van der Waals surface area contributed by atoms with Crippen LogP contribution in [0, 0.1) is 13.8 Å². The van der Waals surface area contributed by atoms with Crippen LogP contribution in [-0.4, -0.2) is 24.5 Å². The van der Waals surface area contributed by atoms with E-state index in [9.17, 15) is 13.2 Å². The van der Waals surface area contributed by atoms with E-state index >= 15 is 0 Å². The van der Waals surface area contributed by atoms with E-state index in [1.807, 2.05) is 0 Å². The monoisotopic (exact) mass is 406 g/mol.